The van der Waals surface area contributed by atoms with Gasteiger partial charge >= 0.3 is 0 Å². The van der Waals surface area contributed by atoms with Crippen molar-refractivity contribution < 1.29 is 9.47 Å². The van der Waals surface area contributed by atoms with E-state index in [-0.39, 0.29) is 6.10 Å². The van der Waals surface area contributed by atoms with Crippen molar-refractivity contribution in [1.82, 2.24) is 0 Å². The second kappa shape index (κ2) is 5.85. The molecule has 17 heavy (non-hydrogen) atoms. The van der Waals surface area contributed by atoms with E-state index in [1.54, 1.807) is 0 Å². The molecule has 1 aromatic carbocycles. The number of ether oxygens (including phenoxy) is 2. The van der Waals surface area contributed by atoms with Crippen LogP contribution in [0.15, 0.2) is 16.6 Å². The first-order valence-corrected chi connectivity index (χ1v) is 6.73. The highest BCUT2D eigenvalue weighted by atomic mass is 79.9. The topological polar surface area (TPSA) is 44.5 Å². The van der Waals surface area contributed by atoms with E-state index in [1.165, 1.54) is 0 Å². The molecule has 2 rings (SSSR count). The number of hydrogen-bond acceptors (Lipinski definition) is 3. The number of halogens is 1. The number of benzene rings is 1. The Morgan fingerprint density at radius 1 is 1.53 bits per heavy atom. The van der Waals surface area contributed by atoms with Crippen molar-refractivity contribution in [3.05, 3.63) is 27.7 Å². The molecule has 1 fully saturated rings. The second-order valence-electron chi connectivity index (χ2n) is 4.37. The van der Waals surface area contributed by atoms with Gasteiger partial charge in [-0.15, -0.1) is 0 Å². The second-order valence-corrected chi connectivity index (χ2v) is 5.29. The molecule has 1 heterocycles. The lowest BCUT2D eigenvalue weighted by Crippen LogP contribution is -2.28. The zero-order valence-corrected chi connectivity index (χ0v) is 11.6. The van der Waals surface area contributed by atoms with E-state index in [2.05, 4.69) is 22.0 Å². The molecule has 0 saturated carbocycles. The van der Waals surface area contributed by atoms with Gasteiger partial charge < -0.3 is 15.2 Å². The van der Waals surface area contributed by atoms with Crippen molar-refractivity contribution in [3.8, 4) is 5.75 Å². The van der Waals surface area contributed by atoms with Crippen LogP contribution in [0.2, 0.25) is 0 Å². The van der Waals surface area contributed by atoms with E-state index in [0.29, 0.717) is 13.2 Å². The Morgan fingerprint density at radius 3 is 3.00 bits per heavy atom. The molecule has 3 nitrogen and oxygen atoms in total. The van der Waals surface area contributed by atoms with Crippen LogP contribution in [-0.4, -0.2) is 19.3 Å². The molecule has 1 aromatic rings. The van der Waals surface area contributed by atoms with Gasteiger partial charge in [0.2, 0.25) is 0 Å². The van der Waals surface area contributed by atoms with Gasteiger partial charge in [-0.2, -0.15) is 0 Å². The van der Waals surface area contributed by atoms with E-state index in [4.69, 9.17) is 15.2 Å². The Kier molecular flexibility index (Phi) is 4.42. The Morgan fingerprint density at radius 2 is 2.35 bits per heavy atom. The van der Waals surface area contributed by atoms with Crippen molar-refractivity contribution >= 4 is 15.9 Å². The zero-order chi connectivity index (χ0) is 12.3. The highest BCUT2D eigenvalue weighted by Crippen LogP contribution is 2.29. The molecule has 1 unspecified atom stereocenters. The Bertz CT molecular complexity index is 389. The van der Waals surface area contributed by atoms with Gasteiger partial charge in [0, 0.05) is 23.2 Å². The summed E-state index contributed by atoms with van der Waals surface area (Å²) in [6.45, 7) is 4.06. The number of aryl methyl sites for hydroxylation is 1. The van der Waals surface area contributed by atoms with Crippen LogP contribution in [0, 0.1) is 6.92 Å². The minimum absolute atomic E-state index is 0.161. The zero-order valence-electron chi connectivity index (χ0n) is 10.0. The molecule has 2 N–H and O–H groups in total. The Labute approximate surface area is 110 Å². The third-order valence-electron chi connectivity index (χ3n) is 2.94. The van der Waals surface area contributed by atoms with Crippen molar-refractivity contribution in [2.45, 2.75) is 32.4 Å². The molecule has 0 bridgehead atoms. The average molecular weight is 300 g/mol. The summed E-state index contributed by atoms with van der Waals surface area (Å²) in [6, 6.07) is 4.07. The highest BCUT2D eigenvalue weighted by Gasteiger charge is 2.18. The smallest absolute Gasteiger partial charge is 0.127 e. The van der Waals surface area contributed by atoms with Crippen LogP contribution in [0.4, 0.5) is 0 Å². The van der Waals surface area contributed by atoms with E-state index >= 15 is 0 Å². The first kappa shape index (κ1) is 12.9. The van der Waals surface area contributed by atoms with Gasteiger partial charge in [-0.25, -0.2) is 0 Å². The molecule has 0 spiro atoms. The molecule has 4 heteroatoms. The number of nitrogens with two attached hydrogens (primary N) is 1. The van der Waals surface area contributed by atoms with Gasteiger partial charge in [-0.05, 0) is 37.5 Å². The van der Waals surface area contributed by atoms with Gasteiger partial charge in [0.15, 0.2) is 0 Å². The van der Waals surface area contributed by atoms with Crippen LogP contribution in [0.5, 0.6) is 5.75 Å². The summed E-state index contributed by atoms with van der Waals surface area (Å²) in [5, 5.41) is 0. The van der Waals surface area contributed by atoms with Gasteiger partial charge in [0.05, 0.1) is 6.61 Å². The molecule has 1 saturated heterocycles. The molecule has 1 atom stereocenters. The molecule has 0 amide bonds. The van der Waals surface area contributed by atoms with Gasteiger partial charge in [-0.1, -0.05) is 15.9 Å². The summed E-state index contributed by atoms with van der Waals surface area (Å²) in [4.78, 5) is 0. The number of rotatable bonds is 3. The van der Waals surface area contributed by atoms with Crippen LogP contribution in [0.1, 0.15) is 24.0 Å². The fraction of sp³-hybridized carbons (Fsp3) is 0.538. The SMILES string of the molecule is Cc1cc(Br)cc(CN)c1OC1CCCOC1. The summed E-state index contributed by atoms with van der Waals surface area (Å²) in [5.41, 5.74) is 7.92. The molecular formula is C13H18BrNO2. The normalized spacial score (nSPS) is 20.3. The fourth-order valence-electron chi connectivity index (χ4n) is 2.09. The maximum absolute atomic E-state index is 6.04. The predicted molar refractivity (Wildman–Crippen MR) is 71.2 cm³/mol. The molecule has 1 aliphatic heterocycles. The van der Waals surface area contributed by atoms with Crippen LogP contribution in [0.25, 0.3) is 0 Å². The van der Waals surface area contributed by atoms with Crippen molar-refractivity contribution in [2.24, 2.45) is 5.73 Å². The molecule has 1 aliphatic rings. The third kappa shape index (κ3) is 3.21. The molecule has 0 radical (unpaired) electrons. The molecular weight excluding hydrogens is 282 g/mol. The van der Waals surface area contributed by atoms with E-state index in [0.717, 1.165) is 40.8 Å². The lowest BCUT2D eigenvalue weighted by Gasteiger charge is -2.25. The quantitative estimate of drug-likeness (QED) is 0.933. The summed E-state index contributed by atoms with van der Waals surface area (Å²) >= 11 is 3.48. The van der Waals surface area contributed by atoms with Gasteiger partial charge in [-0.3, -0.25) is 0 Å². The summed E-state index contributed by atoms with van der Waals surface area (Å²) in [7, 11) is 0. The fourth-order valence-corrected chi connectivity index (χ4v) is 2.71. The predicted octanol–water partition coefficient (Wildman–Crippen LogP) is 2.77. The first-order chi connectivity index (χ1) is 8.20. The summed E-state index contributed by atoms with van der Waals surface area (Å²) in [5.74, 6) is 0.922. The Balaban J connectivity index is 2.18. The van der Waals surface area contributed by atoms with Crippen LogP contribution in [0.3, 0.4) is 0 Å². The molecule has 94 valence electrons. The van der Waals surface area contributed by atoms with Crippen LogP contribution >= 0.6 is 15.9 Å². The lowest BCUT2D eigenvalue weighted by atomic mass is 10.1. The first-order valence-electron chi connectivity index (χ1n) is 5.94. The number of hydrogen-bond donors (Lipinski definition) is 1. The summed E-state index contributed by atoms with van der Waals surface area (Å²) in [6.07, 6.45) is 2.28. The van der Waals surface area contributed by atoms with Crippen LogP contribution < -0.4 is 10.5 Å². The maximum atomic E-state index is 6.04. The monoisotopic (exact) mass is 299 g/mol. The van der Waals surface area contributed by atoms with Crippen molar-refractivity contribution in [3.63, 3.8) is 0 Å². The van der Waals surface area contributed by atoms with Crippen molar-refractivity contribution in [1.29, 1.82) is 0 Å². The maximum Gasteiger partial charge on any atom is 0.127 e. The summed E-state index contributed by atoms with van der Waals surface area (Å²) < 4.78 is 12.5. The molecule has 0 aromatic heterocycles. The van der Waals surface area contributed by atoms with E-state index in [1.807, 2.05) is 13.0 Å². The Hall–Kier alpha value is -0.580. The van der Waals surface area contributed by atoms with Gasteiger partial charge in [0.1, 0.15) is 11.9 Å². The van der Waals surface area contributed by atoms with Crippen LogP contribution in [-0.2, 0) is 11.3 Å². The average Bonchev–Trinajstić information content (AvgIpc) is 2.33. The molecule has 0 aliphatic carbocycles. The lowest BCUT2D eigenvalue weighted by molar-refractivity contribution is 0.00676. The van der Waals surface area contributed by atoms with E-state index in [9.17, 15) is 0 Å². The third-order valence-corrected chi connectivity index (χ3v) is 3.40. The van der Waals surface area contributed by atoms with Gasteiger partial charge in [0.25, 0.3) is 0 Å². The highest BCUT2D eigenvalue weighted by molar-refractivity contribution is 9.10. The van der Waals surface area contributed by atoms with E-state index < -0.39 is 0 Å². The minimum Gasteiger partial charge on any atom is -0.487 e. The largest absolute Gasteiger partial charge is 0.487 e. The van der Waals surface area contributed by atoms with Crippen molar-refractivity contribution in [2.75, 3.05) is 13.2 Å². The standard InChI is InChI=1S/C13H18BrNO2/c1-9-5-11(14)6-10(7-15)13(9)17-12-3-2-4-16-8-12/h5-6,12H,2-4,7-8,15H2,1H3. The minimum atomic E-state index is 0.161.